The zero-order valence-corrected chi connectivity index (χ0v) is 17.9. The molecule has 0 aliphatic carbocycles. The summed E-state index contributed by atoms with van der Waals surface area (Å²) in [5.74, 6) is 0.309. The van der Waals surface area contributed by atoms with Crippen LogP contribution >= 0.6 is 0 Å². The third kappa shape index (κ3) is 3.28. The molecule has 6 heteroatoms. The molecule has 0 radical (unpaired) electrons. The monoisotopic (exact) mass is 425 g/mol. The molecule has 5 nitrogen and oxygen atoms in total. The standard InChI is InChI=1S/C26H24FN5/c1-15-9-17(11-19(27)10-15)20-3-2-4-23-21(20)13-24(30-23)25-22-12-18(14-29-26(22)32-31-25)16-5-7-28-8-6-16/h2-4,9-14,16,28,30H,5-8H2,1H3,(H,29,31,32). The predicted molar refractivity (Wildman–Crippen MR) is 126 cm³/mol. The first kappa shape index (κ1) is 19.2. The van der Waals surface area contributed by atoms with Gasteiger partial charge >= 0.3 is 0 Å². The Morgan fingerprint density at radius 3 is 2.72 bits per heavy atom. The molecule has 160 valence electrons. The van der Waals surface area contributed by atoms with Gasteiger partial charge < -0.3 is 10.3 Å². The van der Waals surface area contributed by atoms with Crippen LogP contribution in [0.3, 0.4) is 0 Å². The highest BCUT2D eigenvalue weighted by molar-refractivity contribution is 6.00. The number of nitrogens with one attached hydrogen (secondary N) is 3. The molecule has 0 amide bonds. The first-order valence-electron chi connectivity index (χ1n) is 11.1. The lowest BCUT2D eigenvalue weighted by Crippen LogP contribution is -2.26. The van der Waals surface area contributed by atoms with Crippen molar-refractivity contribution in [2.75, 3.05) is 13.1 Å². The maximum Gasteiger partial charge on any atom is 0.155 e. The maximum atomic E-state index is 14.1. The fourth-order valence-electron chi connectivity index (χ4n) is 4.93. The fourth-order valence-corrected chi connectivity index (χ4v) is 4.93. The zero-order chi connectivity index (χ0) is 21.7. The maximum absolute atomic E-state index is 14.1. The molecule has 4 heterocycles. The second-order valence-electron chi connectivity index (χ2n) is 8.73. The van der Waals surface area contributed by atoms with Crippen molar-refractivity contribution < 1.29 is 4.39 Å². The Morgan fingerprint density at radius 1 is 1.00 bits per heavy atom. The van der Waals surface area contributed by atoms with E-state index in [4.69, 9.17) is 0 Å². The van der Waals surface area contributed by atoms with Crippen molar-refractivity contribution in [1.29, 1.82) is 0 Å². The van der Waals surface area contributed by atoms with Crippen molar-refractivity contribution in [3.8, 4) is 22.5 Å². The molecular weight excluding hydrogens is 401 g/mol. The zero-order valence-electron chi connectivity index (χ0n) is 17.9. The number of H-pyrrole nitrogens is 2. The summed E-state index contributed by atoms with van der Waals surface area (Å²) in [7, 11) is 0. The molecule has 1 aliphatic heterocycles. The summed E-state index contributed by atoms with van der Waals surface area (Å²) in [5, 5.41) is 13.2. The predicted octanol–water partition coefficient (Wildman–Crippen LogP) is 5.69. The number of pyridine rings is 1. The number of piperidine rings is 1. The Hall–Kier alpha value is -3.51. The third-order valence-corrected chi connectivity index (χ3v) is 6.52. The van der Waals surface area contributed by atoms with Crippen LogP contribution in [0.15, 0.2) is 54.7 Å². The van der Waals surface area contributed by atoms with E-state index >= 15 is 0 Å². The molecule has 0 unspecified atom stereocenters. The van der Waals surface area contributed by atoms with E-state index in [0.717, 1.165) is 75.9 Å². The van der Waals surface area contributed by atoms with Crippen LogP contribution in [0.5, 0.6) is 0 Å². The lowest BCUT2D eigenvalue weighted by molar-refractivity contribution is 0.460. The number of hydrogen-bond acceptors (Lipinski definition) is 3. The van der Waals surface area contributed by atoms with Gasteiger partial charge in [-0.05, 0) is 91.4 Å². The first-order chi connectivity index (χ1) is 15.7. The highest BCUT2D eigenvalue weighted by atomic mass is 19.1. The molecule has 1 fully saturated rings. The van der Waals surface area contributed by atoms with Crippen molar-refractivity contribution in [2.24, 2.45) is 0 Å². The number of benzene rings is 2. The van der Waals surface area contributed by atoms with Crippen LogP contribution in [0, 0.1) is 12.7 Å². The van der Waals surface area contributed by atoms with Gasteiger partial charge in [-0.1, -0.05) is 18.2 Å². The molecule has 0 spiro atoms. The topological polar surface area (TPSA) is 69.4 Å². The Kier molecular flexibility index (Phi) is 4.54. The molecule has 1 aliphatic rings. The van der Waals surface area contributed by atoms with E-state index in [0.29, 0.717) is 5.92 Å². The molecule has 2 aromatic carbocycles. The Labute approximate surface area is 185 Å². The van der Waals surface area contributed by atoms with E-state index in [-0.39, 0.29) is 5.82 Å². The molecule has 6 rings (SSSR count). The lowest BCUT2D eigenvalue weighted by Gasteiger charge is -2.22. The van der Waals surface area contributed by atoms with E-state index in [2.05, 4.69) is 37.6 Å². The van der Waals surface area contributed by atoms with Gasteiger partial charge in [-0.25, -0.2) is 9.37 Å². The second-order valence-corrected chi connectivity index (χ2v) is 8.73. The fraction of sp³-hybridized carbons (Fsp3) is 0.231. The number of fused-ring (bicyclic) bond motifs is 2. The molecule has 0 saturated carbocycles. The van der Waals surface area contributed by atoms with Gasteiger partial charge in [-0.15, -0.1) is 0 Å². The lowest BCUT2D eigenvalue weighted by atomic mass is 9.91. The molecule has 0 bridgehead atoms. The number of aromatic nitrogens is 4. The minimum absolute atomic E-state index is 0.220. The normalized spacial score (nSPS) is 15.1. The summed E-state index contributed by atoms with van der Waals surface area (Å²) in [6.07, 6.45) is 4.24. The Balaban J connectivity index is 1.47. The van der Waals surface area contributed by atoms with E-state index in [1.807, 2.05) is 37.4 Å². The van der Waals surface area contributed by atoms with Crippen molar-refractivity contribution in [3.05, 3.63) is 71.7 Å². The summed E-state index contributed by atoms with van der Waals surface area (Å²) in [4.78, 5) is 8.16. The van der Waals surface area contributed by atoms with Crippen LogP contribution in [-0.2, 0) is 0 Å². The van der Waals surface area contributed by atoms with Gasteiger partial charge in [-0.2, -0.15) is 5.10 Å². The summed E-state index contributed by atoms with van der Waals surface area (Å²) in [6.45, 7) is 4.01. The number of aryl methyl sites for hydroxylation is 1. The smallest absolute Gasteiger partial charge is 0.155 e. The van der Waals surface area contributed by atoms with Gasteiger partial charge in [0, 0.05) is 22.5 Å². The summed E-state index contributed by atoms with van der Waals surface area (Å²) in [5.41, 5.74) is 7.63. The van der Waals surface area contributed by atoms with Gasteiger partial charge in [0.25, 0.3) is 0 Å². The number of nitrogens with zero attached hydrogens (tertiary/aromatic N) is 2. The number of halogens is 1. The van der Waals surface area contributed by atoms with Gasteiger partial charge in [-0.3, -0.25) is 5.10 Å². The Bertz CT molecular complexity index is 1420. The van der Waals surface area contributed by atoms with Crippen molar-refractivity contribution in [1.82, 2.24) is 25.5 Å². The van der Waals surface area contributed by atoms with Crippen LogP contribution in [0.2, 0.25) is 0 Å². The van der Waals surface area contributed by atoms with Gasteiger partial charge in [0.15, 0.2) is 5.65 Å². The van der Waals surface area contributed by atoms with E-state index in [1.54, 1.807) is 12.1 Å². The molecular formula is C26H24FN5. The molecule has 5 aromatic rings. The van der Waals surface area contributed by atoms with Gasteiger partial charge in [0.1, 0.15) is 11.5 Å². The highest BCUT2D eigenvalue weighted by Crippen LogP contribution is 2.35. The molecule has 3 N–H and O–H groups in total. The van der Waals surface area contributed by atoms with Crippen LogP contribution in [0.4, 0.5) is 4.39 Å². The summed E-state index contributed by atoms with van der Waals surface area (Å²) in [6, 6.07) is 15.6. The van der Waals surface area contributed by atoms with Crippen molar-refractivity contribution in [2.45, 2.75) is 25.7 Å². The van der Waals surface area contributed by atoms with Crippen LogP contribution < -0.4 is 5.32 Å². The second kappa shape index (κ2) is 7.57. The summed E-state index contributed by atoms with van der Waals surface area (Å²) >= 11 is 0. The van der Waals surface area contributed by atoms with Gasteiger partial charge in [0.05, 0.1) is 5.69 Å². The Morgan fingerprint density at radius 2 is 1.88 bits per heavy atom. The summed E-state index contributed by atoms with van der Waals surface area (Å²) < 4.78 is 14.1. The van der Waals surface area contributed by atoms with E-state index in [1.165, 1.54) is 5.56 Å². The highest BCUT2D eigenvalue weighted by Gasteiger charge is 2.19. The minimum Gasteiger partial charge on any atom is -0.353 e. The van der Waals surface area contributed by atoms with Crippen LogP contribution in [0.1, 0.15) is 29.9 Å². The number of aromatic amines is 2. The number of hydrogen-bond donors (Lipinski definition) is 3. The van der Waals surface area contributed by atoms with Crippen LogP contribution in [-0.4, -0.2) is 33.3 Å². The van der Waals surface area contributed by atoms with E-state index in [9.17, 15) is 4.39 Å². The first-order valence-corrected chi connectivity index (χ1v) is 11.1. The van der Waals surface area contributed by atoms with Gasteiger partial charge in [0.2, 0.25) is 0 Å². The van der Waals surface area contributed by atoms with Crippen molar-refractivity contribution in [3.63, 3.8) is 0 Å². The largest absolute Gasteiger partial charge is 0.353 e. The SMILES string of the molecule is Cc1cc(F)cc(-c2cccc3[nH]c(-c4n[nH]c5ncc(C6CCNCC6)cc45)cc23)c1. The molecule has 1 saturated heterocycles. The van der Waals surface area contributed by atoms with E-state index < -0.39 is 0 Å². The average Bonchev–Trinajstić information content (AvgIpc) is 3.42. The van der Waals surface area contributed by atoms with Crippen LogP contribution in [0.25, 0.3) is 44.5 Å². The molecule has 32 heavy (non-hydrogen) atoms. The third-order valence-electron chi connectivity index (χ3n) is 6.52. The van der Waals surface area contributed by atoms with Crippen molar-refractivity contribution >= 4 is 21.9 Å². The quantitative estimate of drug-likeness (QED) is 0.348. The number of rotatable bonds is 3. The minimum atomic E-state index is -0.220. The molecule has 3 aromatic heterocycles. The average molecular weight is 426 g/mol. The molecule has 0 atom stereocenters.